The number of amides is 1. The fourth-order valence-electron chi connectivity index (χ4n) is 1.23. The standard InChI is InChI=1S/C11H17N3O2/c1-2-13-11(16)5-6-12-7-9-3-4-10(15)8-14-9/h3-4,8,12,15H,2,5-7H2,1H3,(H,13,16). The van der Waals surface area contributed by atoms with Gasteiger partial charge < -0.3 is 15.7 Å². The summed E-state index contributed by atoms with van der Waals surface area (Å²) in [5.74, 6) is 0.208. The van der Waals surface area contributed by atoms with Gasteiger partial charge in [0.1, 0.15) is 5.75 Å². The lowest BCUT2D eigenvalue weighted by Crippen LogP contribution is -2.27. The normalized spacial score (nSPS) is 10.1. The molecule has 5 heteroatoms. The van der Waals surface area contributed by atoms with Crippen molar-refractivity contribution < 1.29 is 9.90 Å². The van der Waals surface area contributed by atoms with Gasteiger partial charge in [-0.1, -0.05) is 0 Å². The van der Waals surface area contributed by atoms with Gasteiger partial charge in [0.15, 0.2) is 0 Å². The van der Waals surface area contributed by atoms with E-state index in [1.54, 1.807) is 12.1 Å². The number of nitrogens with one attached hydrogen (secondary N) is 2. The zero-order valence-corrected chi connectivity index (χ0v) is 9.36. The third-order valence-electron chi connectivity index (χ3n) is 2.02. The minimum Gasteiger partial charge on any atom is -0.506 e. The third kappa shape index (κ3) is 4.75. The number of aromatic hydroxyl groups is 1. The number of carbonyl (C=O) groups excluding carboxylic acids is 1. The van der Waals surface area contributed by atoms with E-state index in [4.69, 9.17) is 5.11 Å². The minimum absolute atomic E-state index is 0.0497. The predicted molar refractivity (Wildman–Crippen MR) is 60.9 cm³/mol. The monoisotopic (exact) mass is 223 g/mol. The Morgan fingerprint density at radius 1 is 1.50 bits per heavy atom. The summed E-state index contributed by atoms with van der Waals surface area (Å²) in [6, 6.07) is 3.34. The van der Waals surface area contributed by atoms with Crippen LogP contribution in [0.4, 0.5) is 0 Å². The highest BCUT2D eigenvalue weighted by Gasteiger charge is 1.99. The molecular weight excluding hydrogens is 206 g/mol. The average Bonchev–Trinajstić information content (AvgIpc) is 2.27. The van der Waals surface area contributed by atoms with Crippen molar-refractivity contribution in [3.63, 3.8) is 0 Å². The average molecular weight is 223 g/mol. The molecule has 0 atom stereocenters. The molecule has 1 amide bonds. The number of nitrogens with zero attached hydrogens (tertiary/aromatic N) is 1. The van der Waals surface area contributed by atoms with Crippen molar-refractivity contribution in [2.24, 2.45) is 0 Å². The molecule has 3 N–H and O–H groups in total. The van der Waals surface area contributed by atoms with Gasteiger partial charge in [-0.2, -0.15) is 0 Å². The Hall–Kier alpha value is -1.62. The van der Waals surface area contributed by atoms with Gasteiger partial charge in [-0.25, -0.2) is 0 Å². The first-order valence-corrected chi connectivity index (χ1v) is 5.33. The number of aromatic nitrogens is 1. The van der Waals surface area contributed by atoms with E-state index in [0.29, 0.717) is 26.1 Å². The molecule has 0 spiro atoms. The Balaban J connectivity index is 2.16. The van der Waals surface area contributed by atoms with Crippen molar-refractivity contribution in [2.45, 2.75) is 19.9 Å². The second-order valence-electron chi connectivity index (χ2n) is 3.39. The van der Waals surface area contributed by atoms with Gasteiger partial charge in [0, 0.05) is 26.1 Å². The molecular formula is C11H17N3O2. The highest BCUT2D eigenvalue weighted by atomic mass is 16.3. The van der Waals surface area contributed by atoms with Gasteiger partial charge in [0.25, 0.3) is 0 Å². The van der Waals surface area contributed by atoms with Crippen molar-refractivity contribution in [1.82, 2.24) is 15.6 Å². The lowest BCUT2D eigenvalue weighted by Gasteiger charge is -2.04. The largest absolute Gasteiger partial charge is 0.506 e. The van der Waals surface area contributed by atoms with Crippen LogP contribution in [-0.4, -0.2) is 29.1 Å². The first-order chi connectivity index (χ1) is 7.72. The zero-order valence-electron chi connectivity index (χ0n) is 9.36. The second kappa shape index (κ2) is 6.79. The van der Waals surface area contributed by atoms with Gasteiger partial charge in [0.2, 0.25) is 5.91 Å². The molecule has 0 aliphatic rings. The van der Waals surface area contributed by atoms with Gasteiger partial charge in [-0.05, 0) is 19.1 Å². The summed E-state index contributed by atoms with van der Waals surface area (Å²) in [7, 11) is 0. The fraction of sp³-hybridized carbons (Fsp3) is 0.455. The molecule has 0 unspecified atom stereocenters. The van der Waals surface area contributed by atoms with Crippen LogP contribution in [0.2, 0.25) is 0 Å². The molecule has 5 nitrogen and oxygen atoms in total. The van der Waals surface area contributed by atoms with E-state index in [2.05, 4.69) is 15.6 Å². The summed E-state index contributed by atoms with van der Waals surface area (Å²) in [5.41, 5.74) is 0.841. The maximum atomic E-state index is 11.1. The molecule has 0 radical (unpaired) electrons. The van der Waals surface area contributed by atoms with Crippen molar-refractivity contribution >= 4 is 5.91 Å². The summed E-state index contributed by atoms with van der Waals surface area (Å²) in [6.07, 6.45) is 1.87. The Kier molecular flexibility index (Phi) is 5.28. The molecule has 88 valence electrons. The fourth-order valence-corrected chi connectivity index (χ4v) is 1.23. The Morgan fingerprint density at radius 2 is 2.31 bits per heavy atom. The van der Waals surface area contributed by atoms with Crippen LogP contribution in [0.5, 0.6) is 5.75 Å². The van der Waals surface area contributed by atoms with E-state index in [0.717, 1.165) is 5.69 Å². The summed E-state index contributed by atoms with van der Waals surface area (Å²) in [4.78, 5) is 15.1. The third-order valence-corrected chi connectivity index (χ3v) is 2.02. The van der Waals surface area contributed by atoms with E-state index >= 15 is 0 Å². The molecule has 0 aliphatic carbocycles. The lowest BCUT2D eigenvalue weighted by atomic mass is 10.3. The molecule has 0 aromatic carbocycles. The number of pyridine rings is 1. The predicted octanol–water partition coefficient (Wildman–Crippen LogP) is 0.403. The van der Waals surface area contributed by atoms with Crippen LogP contribution in [0.25, 0.3) is 0 Å². The van der Waals surface area contributed by atoms with E-state index < -0.39 is 0 Å². The molecule has 1 heterocycles. The Bertz CT molecular complexity index is 325. The highest BCUT2D eigenvalue weighted by Crippen LogP contribution is 2.05. The maximum Gasteiger partial charge on any atom is 0.221 e. The molecule has 1 aromatic heterocycles. The Labute approximate surface area is 94.9 Å². The molecule has 0 bridgehead atoms. The topological polar surface area (TPSA) is 74.2 Å². The number of hydrogen-bond acceptors (Lipinski definition) is 4. The lowest BCUT2D eigenvalue weighted by molar-refractivity contribution is -0.120. The molecule has 0 fully saturated rings. The van der Waals surface area contributed by atoms with Gasteiger partial charge in [0.05, 0.1) is 11.9 Å². The number of hydrogen-bond donors (Lipinski definition) is 3. The number of carbonyl (C=O) groups is 1. The van der Waals surface area contributed by atoms with Crippen molar-refractivity contribution in [3.05, 3.63) is 24.0 Å². The summed E-state index contributed by atoms with van der Waals surface area (Å²) in [5, 5.41) is 14.9. The first-order valence-electron chi connectivity index (χ1n) is 5.33. The minimum atomic E-state index is 0.0497. The van der Waals surface area contributed by atoms with Crippen LogP contribution < -0.4 is 10.6 Å². The second-order valence-corrected chi connectivity index (χ2v) is 3.39. The number of rotatable bonds is 6. The molecule has 1 rings (SSSR count). The summed E-state index contributed by atoms with van der Waals surface area (Å²) in [6.45, 7) is 3.78. The Morgan fingerprint density at radius 3 is 2.94 bits per heavy atom. The van der Waals surface area contributed by atoms with Crippen LogP contribution in [-0.2, 0) is 11.3 Å². The molecule has 16 heavy (non-hydrogen) atoms. The van der Waals surface area contributed by atoms with Crippen LogP contribution in [0.15, 0.2) is 18.3 Å². The molecule has 1 aromatic rings. The van der Waals surface area contributed by atoms with Gasteiger partial charge in [-0.15, -0.1) is 0 Å². The van der Waals surface area contributed by atoms with Crippen LogP contribution in [0, 0.1) is 0 Å². The van der Waals surface area contributed by atoms with Crippen molar-refractivity contribution in [3.8, 4) is 5.75 Å². The van der Waals surface area contributed by atoms with Crippen LogP contribution >= 0.6 is 0 Å². The van der Waals surface area contributed by atoms with E-state index in [1.165, 1.54) is 6.20 Å². The van der Waals surface area contributed by atoms with Crippen molar-refractivity contribution in [1.29, 1.82) is 0 Å². The summed E-state index contributed by atoms with van der Waals surface area (Å²) < 4.78 is 0. The SMILES string of the molecule is CCNC(=O)CCNCc1ccc(O)cn1. The highest BCUT2D eigenvalue weighted by molar-refractivity contribution is 5.75. The quantitative estimate of drug-likeness (QED) is 0.610. The van der Waals surface area contributed by atoms with E-state index in [-0.39, 0.29) is 11.7 Å². The summed E-state index contributed by atoms with van der Waals surface area (Å²) >= 11 is 0. The first kappa shape index (κ1) is 12.4. The zero-order chi connectivity index (χ0) is 11.8. The molecule has 0 saturated heterocycles. The van der Waals surface area contributed by atoms with E-state index in [1.807, 2.05) is 6.92 Å². The molecule has 0 aliphatic heterocycles. The molecule has 0 saturated carbocycles. The van der Waals surface area contributed by atoms with Crippen LogP contribution in [0.3, 0.4) is 0 Å². The van der Waals surface area contributed by atoms with Gasteiger partial charge >= 0.3 is 0 Å². The smallest absolute Gasteiger partial charge is 0.221 e. The van der Waals surface area contributed by atoms with E-state index in [9.17, 15) is 4.79 Å². The van der Waals surface area contributed by atoms with Crippen LogP contribution in [0.1, 0.15) is 19.0 Å². The van der Waals surface area contributed by atoms with Gasteiger partial charge in [-0.3, -0.25) is 9.78 Å². The maximum absolute atomic E-state index is 11.1. The van der Waals surface area contributed by atoms with Crippen molar-refractivity contribution in [2.75, 3.05) is 13.1 Å².